The quantitative estimate of drug-likeness (QED) is 0.783. The maximum absolute atomic E-state index is 12.5. The molecular formula is C14H23F3N2O2S. The van der Waals surface area contributed by atoms with Gasteiger partial charge in [0.15, 0.2) is 0 Å². The van der Waals surface area contributed by atoms with E-state index in [1.807, 2.05) is 0 Å². The Morgan fingerprint density at radius 3 is 2.23 bits per heavy atom. The first-order valence-electron chi connectivity index (χ1n) is 7.73. The van der Waals surface area contributed by atoms with Crippen molar-refractivity contribution in [1.29, 1.82) is 0 Å². The summed E-state index contributed by atoms with van der Waals surface area (Å²) in [7, 11) is -5.16. The molecule has 0 bridgehead atoms. The summed E-state index contributed by atoms with van der Waals surface area (Å²) in [5, 5.41) is 3.38. The number of sulfonamides is 1. The van der Waals surface area contributed by atoms with Crippen molar-refractivity contribution in [3.8, 4) is 0 Å². The average Bonchev–Trinajstić information content (AvgIpc) is 2.48. The number of hydrogen-bond donors (Lipinski definition) is 1. The van der Waals surface area contributed by atoms with Gasteiger partial charge < -0.3 is 5.32 Å². The number of nitrogens with one attached hydrogen (secondary N) is 1. The first kappa shape index (κ1) is 17.7. The molecule has 1 heterocycles. The highest BCUT2D eigenvalue weighted by Gasteiger charge is 2.50. The summed E-state index contributed by atoms with van der Waals surface area (Å²) < 4.78 is 60.6. The topological polar surface area (TPSA) is 49.4 Å². The Hall–Kier alpha value is -0.600. The van der Waals surface area contributed by atoms with Crippen LogP contribution in [0.5, 0.6) is 0 Å². The minimum absolute atomic E-state index is 0.0413. The molecule has 128 valence electrons. The van der Waals surface area contributed by atoms with E-state index in [0.29, 0.717) is 23.1 Å². The highest BCUT2D eigenvalue weighted by atomic mass is 32.2. The zero-order valence-corrected chi connectivity index (χ0v) is 13.3. The fourth-order valence-electron chi connectivity index (χ4n) is 3.03. The predicted octanol–water partition coefficient (Wildman–Crippen LogP) is 2.49. The third kappa shape index (κ3) is 4.45. The Labute approximate surface area is 129 Å². The molecule has 1 aliphatic carbocycles. The second kappa shape index (κ2) is 7.31. The Kier molecular flexibility index (Phi) is 5.90. The molecule has 1 saturated heterocycles. The van der Waals surface area contributed by atoms with Crippen LogP contribution in [0.4, 0.5) is 13.2 Å². The molecule has 0 radical (unpaired) electrons. The van der Waals surface area contributed by atoms with Crippen LogP contribution in [0.3, 0.4) is 0 Å². The summed E-state index contributed by atoms with van der Waals surface area (Å²) in [6.45, 7) is 1.59. The fourth-order valence-corrected chi connectivity index (χ4v) is 4.02. The first-order valence-corrected chi connectivity index (χ1v) is 9.17. The Morgan fingerprint density at radius 1 is 1.05 bits per heavy atom. The monoisotopic (exact) mass is 340 g/mol. The van der Waals surface area contributed by atoms with Crippen LogP contribution < -0.4 is 5.32 Å². The van der Waals surface area contributed by atoms with Gasteiger partial charge in [-0.3, -0.25) is 0 Å². The SMILES string of the molecule is O=S(=O)(N1CCC(CNC[C@@H]2CC=CCC2)CC1)C(F)(F)F. The molecule has 0 aromatic rings. The van der Waals surface area contributed by atoms with Crippen LogP contribution in [0.1, 0.15) is 32.1 Å². The largest absolute Gasteiger partial charge is 0.511 e. The van der Waals surface area contributed by atoms with E-state index in [1.165, 1.54) is 6.42 Å². The van der Waals surface area contributed by atoms with Crippen molar-refractivity contribution in [2.24, 2.45) is 11.8 Å². The minimum atomic E-state index is -5.19. The number of rotatable bonds is 5. The predicted molar refractivity (Wildman–Crippen MR) is 78.6 cm³/mol. The van der Waals surface area contributed by atoms with E-state index in [4.69, 9.17) is 0 Å². The first-order chi connectivity index (χ1) is 10.3. The van der Waals surface area contributed by atoms with Crippen LogP contribution in [-0.4, -0.2) is 44.4 Å². The molecule has 2 aliphatic rings. The van der Waals surface area contributed by atoms with E-state index < -0.39 is 15.5 Å². The fraction of sp³-hybridized carbons (Fsp3) is 0.857. The molecule has 1 fully saturated rings. The van der Waals surface area contributed by atoms with Gasteiger partial charge in [-0.25, -0.2) is 8.42 Å². The Balaban J connectivity index is 1.70. The highest BCUT2D eigenvalue weighted by molar-refractivity contribution is 7.90. The summed E-state index contributed by atoms with van der Waals surface area (Å²) in [5.74, 6) is 0.884. The molecule has 0 spiro atoms. The second-order valence-corrected chi connectivity index (χ2v) is 8.03. The molecule has 1 aliphatic heterocycles. The summed E-state index contributed by atoms with van der Waals surface area (Å²) in [4.78, 5) is 0. The maximum Gasteiger partial charge on any atom is 0.511 e. The molecule has 0 aromatic heterocycles. The van der Waals surface area contributed by atoms with Crippen molar-refractivity contribution in [3.63, 3.8) is 0 Å². The van der Waals surface area contributed by atoms with Gasteiger partial charge in [0.1, 0.15) is 0 Å². The third-order valence-electron chi connectivity index (χ3n) is 4.45. The molecule has 2 rings (SSSR count). The number of piperidine rings is 1. The second-order valence-electron chi connectivity index (χ2n) is 6.10. The zero-order chi connectivity index (χ0) is 16.2. The third-order valence-corrected chi connectivity index (χ3v) is 6.08. The van der Waals surface area contributed by atoms with Gasteiger partial charge in [0.25, 0.3) is 0 Å². The number of nitrogens with zero attached hydrogens (tertiary/aromatic N) is 1. The molecule has 0 saturated carbocycles. The summed E-state index contributed by atoms with van der Waals surface area (Å²) in [6, 6.07) is 0. The molecule has 1 N–H and O–H groups in total. The summed E-state index contributed by atoms with van der Waals surface area (Å²) >= 11 is 0. The lowest BCUT2D eigenvalue weighted by Crippen LogP contribution is -2.46. The normalized spacial score (nSPS) is 25.5. The van der Waals surface area contributed by atoms with E-state index in [2.05, 4.69) is 17.5 Å². The van der Waals surface area contributed by atoms with Crippen molar-refractivity contribution < 1.29 is 21.6 Å². The number of allylic oxidation sites excluding steroid dienone is 2. The van der Waals surface area contributed by atoms with Gasteiger partial charge in [-0.05, 0) is 57.0 Å². The van der Waals surface area contributed by atoms with Gasteiger partial charge in [-0.2, -0.15) is 17.5 Å². The smallest absolute Gasteiger partial charge is 0.316 e. The highest BCUT2D eigenvalue weighted by Crippen LogP contribution is 2.30. The van der Waals surface area contributed by atoms with Crippen LogP contribution in [0.25, 0.3) is 0 Å². The van der Waals surface area contributed by atoms with E-state index in [1.54, 1.807) is 0 Å². The molecule has 4 nitrogen and oxygen atoms in total. The van der Waals surface area contributed by atoms with Gasteiger partial charge >= 0.3 is 15.5 Å². The average molecular weight is 340 g/mol. The van der Waals surface area contributed by atoms with E-state index >= 15 is 0 Å². The lowest BCUT2D eigenvalue weighted by Gasteiger charge is -2.32. The van der Waals surface area contributed by atoms with Crippen molar-refractivity contribution in [2.75, 3.05) is 26.2 Å². The van der Waals surface area contributed by atoms with Crippen molar-refractivity contribution in [1.82, 2.24) is 9.62 Å². The molecule has 8 heteroatoms. The van der Waals surface area contributed by atoms with Gasteiger partial charge in [0.05, 0.1) is 0 Å². The standard InChI is InChI=1S/C14H23F3N2O2S/c15-14(16,17)22(20,21)19-8-6-13(7-9-19)11-18-10-12-4-2-1-3-5-12/h1-2,12-13,18H,3-11H2/t12-/m1/s1. The van der Waals surface area contributed by atoms with E-state index in [0.717, 1.165) is 25.9 Å². The van der Waals surface area contributed by atoms with E-state index in [9.17, 15) is 21.6 Å². The summed E-state index contributed by atoms with van der Waals surface area (Å²) in [6.07, 6.45) is 8.70. The zero-order valence-electron chi connectivity index (χ0n) is 12.5. The van der Waals surface area contributed by atoms with Crippen LogP contribution in [0, 0.1) is 11.8 Å². The van der Waals surface area contributed by atoms with Gasteiger partial charge in [-0.15, -0.1) is 0 Å². The lowest BCUT2D eigenvalue weighted by atomic mass is 9.93. The van der Waals surface area contributed by atoms with Crippen LogP contribution in [-0.2, 0) is 10.0 Å². The van der Waals surface area contributed by atoms with Crippen molar-refractivity contribution in [3.05, 3.63) is 12.2 Å². The van der Waals surface area contributed by atoms with E-state index in [-0.39, 0.29) is 19.0 Å². The maximum atomic E-state index is 12.5. The molecule has 0 aromatic carbocycles. The van der Waals surface area contributed by atoms with Gasteiger partial charge in [0.2, 0.25) is 0 Å². The van der Waals surface area contributed by atoms with Gasteiger partial charge in [-0.1, -0.05) is 12.2 Å². The van der Waals surface area contributed by atoms with Crippen LogP contribution in [0.2, 0.25) is 0 Å². The molecule has 1 atom stereocenters. The van der Waals surface area contributed by atoms with Crippen LogP contribution in [0.15, 0.2) is 12.2 Å². The molecule has 0 unspecified atom stereocenters. The Bertz CT molecular complexity index is 483. The summed E-state index contributed by atoms with van der Waals surface area (Å²) in [5.41, 5.74) is -5.19. The lowest BCUT2D eigenvalue weighted by molar-refractivity contribution is -0.0496. The van der Waals surface area contributed by atoms with Crippen molar-refractivity contribution in [2.45, 2.75) is 37.6 Å². The molecule has 0 amide bonds. The molecular weight excluding hydrogens is 317 g/mol. The molecule has 22 heavy (non-hydrogen) atoms. The minimum Gasteiger partial charge on any atom is -0.316 e. The Morgan fingerprint density at radius 2 is 1.68 bits per heavy atom. The van der Waals surface area contributed by atoms with Gasteiger partial charge in [0, 0.05) is 13.1 Å². The number of halogens is 3. The number of alkyl halides is 3. The van der Waals surface area contributed by atoms with Crippen molar-refractivity contribution >= 4 is 10.0 Å². The number of hydrogen-bond acceptors (Lipinski definition) is 3. The van der Waals surface area contributed by atoms with Crippen LogP contribution >= 0.6 is 0 Å².